The quantitative estimate of drug-likeness (QED) is 0.873. The lowest BCUT2D eigenvalue weighted by molar-refractivity contribution is 0.414. The van der Waals surface area contributed by atoms with Crippen molar-refractivity contribution >= 4 is 28.9 Å². The van der Waals surface area contributed by atoms with E-state index in [4.69, 9.17) is 17.0 Å². The molecule has 1 aromatic carbocycles. The van der Waals surface area contributed by atoms with Crippen molar-refractivity contribution in [2.75, 3.05) is 7.11 Å². The van der Waals surface area contributed by atoms with Gasteiger partial charge in [0.25, 0.3) is 0 Å². The number of allylic oxidation sites excluding steroid dienone is 3. The number of methoxy groups -OCH3 is 1. The molecular weight excluding hydrogens is 282 g/mol. The number of thiocarbonyl (C=S) groups is 1. The van der Waals surface area contributed by atoms with E-state index >= 15 is 0 Å². The summed E-state index contributed by atoms with van der Waals surface area (Å²) in [6.07, 6.45) is 8.01. The second-order valence-corrected chi connectivity index (χ2v) is 5.12. The summed E-state index contributed by atoms with van der Waals surface area (Å²) in [5, 5.41) is 3.56. The molecule has 0 fully saturated rings. The predicted molar refractivity (Wildman–Crippen MR) is 89.1 cm³/mol. The molecule has 0 saturated heterocycles. The van der Waals surface area contributed by atoms with Crippen LogP contribution in [0.5, 0.6) is 5.75 Å². The van der Waals surface area contributed by atoms with Gasteiger partial charge >= 0.3 is 0 Å². The van der Waals surface area contributed by atoms with Gasteiger partial charge in [-0.3, -0.25) is 4.99 Å². The normalized spacial score (nSPS) is 21.8. The molecule has 3 rings (SSSR count). The molecule has 0 spiro atoms. The van der Waals surface area contributed by atoms with Crippen LogP contribution < -0.4 is 10.1 Å². The first-order valence-electron chi connectivity index (χ1n) is 6.68. The standard InChI is InChI=1S/C16H15N3OS/c1-20-12-8-6-11(7-9-12)10-17-15-13-4-2-3-5-14(13)18-16(21)19-15/h2-9,13H,10H2,1H3,(H,17,19,21). The molecule has 1 atom stereocenters. The van der Waals surface area contributed by atoms with Crippen LogP contribution in [0, 0.1) is 5.92 Å². The van der Waals surface area contributed by atoms with Gasteiger partial charge < -0.3 is 10.1 Å². The van der Waals surface area contributed by atoms with Crippen molar-refractivity contribution in [1.29, 1.82) is 0 Å². The van der Waals surface area contributed by atoms with Crippen LogP contribution >= 0.6 is 12.2 Å². The highest BCUT2D eigenvalue weighted by molar-refractivity contribution is 7.80. The lowest BCUT2D eigenvalue weighted by Crippen LogP contribution is -2.42. The summed E-state index contributed by atoms with van der Waals surface area (Å²) in [6, 6.07) is 7.89. The minimum absolute atomic E-state index is 0.0694. The molecule has 1 aromatic rings. The Hall–Kier alpha value is -2.27. The largest absolute Gasteiger partial charge is 0.497 e. The fraction of sp³-hybridized carbons (Fsp3) is 0.188. The zero-order valence-corrected chi connectivity index (χ0v) is 12.4. The highest BCUT2D eigenvalue weighted by atomic mass is 32.1. The molecule has 21 heavy (non-hydrogen) atoms. The van der Waals surface area contributed by atoms with Crippen LogP contribution in [0.4, 0.5) is 0 Å². The third-order valence-electron chi connectivity index (χ3n) is 3.35. The molecular formula is C16H15N3OS. The smallest absolute Gasteiger partial charge is 0.198 e. The average molecular weight is 297 g/mol. The number of ether oxygens (including phenoxy) is 1. The lowest BCUT2D eigenvalue weighted by atomic mass is 9.96. The molecule has 0 aromatic heterocycles. The van der Waals surface area contributed by atoms with Crippen LogP contribution in [0.3, 0.4) is 0 Å². The van der Waals surface area contributed by atoms with Crippen LogP contribution in [0.25, 0.3) is 0 Å². The number of benzene rings is 1. The summed E-state index contributed by atoms with van der Waals surface area (Å²) in [6.45, 7) is 0.594. The number of nitrogens with zero attached hydrogens (tertiary/aromatic N) is 2. The molecule has 1 aliphatic heterocycles. The van der Waals surface area contributed by atoms with Gasteiger partial charge in [0.1, 0.15) is 11.6 Å². The van der Waals surface area contributed by atoms with E-state index in [1.165, 1.54) is 0 Å². The van der Waals surface area contributed by atoms with Crippen LogP contribution in [0.2, 0.25) is 0 Å². The SMILES string of the molecule is COc1ccc(CN=C2NC(=S)N=C3C=CC=CC32)cc1. The molecule has 106 valence electrons. The van der Waals surface area contributed by atoms with E-state index in [9.17, 15) is 0 Å². The molecule has 0 saturated carbocycles. The van der Waals surface area contributed by atoms with Crippen molar-refractivity contribution in [3.63, 3.8) is 0 Å². The summed E-state index contributed by atoms with van der Waals surface area (Å²) < 4.78 is 5.15. The highest BCUT2D eigenvalue weighted by Crippen LogP contribution is 2.17. The number of aliphatic imine (C=N–C) groups is 2. The van der Waals surface area contributed by atoms with Gasteiger partial charge in [-0.2, -0.15) is 0 Å². The zero-order chi connectivity index (χ0) is 14.7. The maximum Gasteiger partial charge on any atom is 0.198 e. The number of fused-ring (bicyclic) bond motifs is 1. The van der Waals surface area contributed by atoms with E-state index in [2.05, 4.69) is 21.4 Å². The first-order valence-corrected chi connectivity index (χ1v) is 7.09. The van der Waals surface area contributed by atoms with Crippen molar-refractivity contribution in [1.82, 2.24) is 5.32 Å². The Kier molecular flexibility index (Phi) is 3.92. The van der Waals surface area contributed by atoms with Crippen molar-refractivity contribution in [3.8, 4) is 5.75 Å². The molecule has 1 N–H and O–H groups in total. The fourth-order valence-corrected chi connectivity index (χ4v) is 2.46. The summed E-state index contributed by atoms with van der Waals surface area (Å²) in [5.41, 5.74) is 2.06. The first kappa shape index (κ1) is 13.7. The summed E-state index contributed by atoms with van der Waals surface area (Å²) in [5.74, 6) is 1.76. The van der Waals surface area contributed by atoms with Gasteiger partial charge in [-0.1, -0.05) is 30.4 Å². The Morgan fingerprint density at radius 1 is 1.29 bits per heavy atom. The van der Waals surface area contributed by atoms with Gasteiger partial charge in [0.15, 0.2) is 5.11 Å². The molecule has 0 radical (unpaired) electrons. The van der Waals surface area contributed by atoms with Gasteiger partial charge in [0.2, 0.25) is 0 Å². The summed E-state index contributed by atoms with van der Waals surface area (Å²) in [4.78, 5) is 8.99. The first-order chi connectivity index (χ1) is 10.3. The monoisotopic (exact) mass is 297 g/mol. The van der Waals surface area contributed by atoms with E-state index in [0.717, 1.165) is 22.9 Å². The third kappa shape index (κ3) is 3.08. The Labute approximate surface area is 129 Å². The number of amidine groups is 1. The summed E-state index contributed by atoms with van der Waals surface area (Å²) in [7, 11) is 1.66. The second kappa shape index (κ2) is 6.01. The van der Waals surface area contributed by atoms with E-state index in [-0.39, 0.29) is 5.92 Å². The van der Waals surface area contributed by atoms with E-state index < -0.39 is 0 Å². The summed E-state index contributed by atoms with van der Waals surface area (Å²) >= 11 is 5.16. The Morgan fingerprint density at radius 2 is 2.10 bits per heavy atom. The maximum atomic E-state index is 5.16. The molecule has 1 heterocycles. The van der Waals surface area contributed by atoms with Gasteiger partial charge in [0, 0.05) is 0 Å². The topological polar surface area (TPSA) is 46.0 Å². The molecule has 1 aliphatic carbocycles. The molecule has 5 heteroatoms. The molecule has 0 bridgehead atoms. The number of hydrogen-bond donors (Lipinski definition) is 1. The molecule has 1 unspecified atom stereocenters. The van der Waals surface area contributed by atoms with Crippen molar-refractivity contribution < 1.29 is 4.74 Å². The van der Waals surface area contributed by atoms with Crippen molar-refractivity contribution in [2.45, 2.75) is 6.54 Å². The Bertz CT molecular complexity index is 671. The minimum Gasteiger partial charge on any atom is -0.497 e. The predicted octanol–water partition coefficient (Wildman–Crippen LogP) is 2.67. The van der Waals surface area contributed by atoms with E-state index in [1.54, 1.807) is 7.11 Å². The van der Waals surface area contributed by atoms with Crippen LogP contribution in [0.1, 0.15) is 5.56 Å². The average Bonchev–Trinajstić information content (AvgIpc) is 2.53. The third-order valence-corrected chi connectivity index (χ3v) is 3.54. The van der Waals surface area contributed by atoms with Crippen molar-refractivity contribution in [3.05, 3.63) is 54.1 Å². The maximum absolute atomic E-state index is 5.16. The lowest BCUT2D eigenvalue weighted by Gasteiger charge is -2.24. The van der Waals surface area contributed by atoms with Gasteiger partial charge in [0.05, 0.1) is 25.3 Å². The minimum atomic E-state index is 0.0694. The van der Waals surface area contributed by atoms with Gasteiger partial charge in [-0.05, 0) is 36.0 Å². The number of rotatable bonds is 3. The zero-order valence-electron chi connectivity index (χ0n) is 11.6. The van der Waals surface area contributed by atoms with Crippen LogP contribution in [-0.2, 0) is 6.54 Å². The molecule has 4 nitrogen and oxygen atoms in total. The van der Waals surface area contributed by atoms with Crippen LogP contribution in [0.15, 0.2) is 58.6 Å². The molecule has 2 aliphatic rings. The van der Waals surface area contributed by atoms with Crippen LogP contribution in [-0.4, -0.2) is 23.8 Å². The second-order valence-electron chi connectivity index (χ2n) is 4.74. The Morgan fingerprint density at radius 3 is 2.86 bits per heavy atom. The van der Waals surface area contributed by atoms with Gasteiger partial charge in [-0.25, -0.2) is 4.99 Å². The van der Waals surface area contributed by atoms with Crippen molar-refractivity contribution in [2.24, 2.45) is 15.9 Å². The van der Waals surface area contributed by atoms with E-state index in [1.807, 2.05) is 42.5 Å². The number of nitrogens with one attached hydrogen (secondary N) is 1. The van der Waals surface area contributed by atoms with Gasteiger partial charge in [-0.15, -0.1) is 0 Å². The van der Waals surface area contributed by atoms with E-state index in [0.29, 0.717) is 11.7 Å². The number of hydrogen-bond acceptors (Lipinski definition) is 3. The highest BCUT2D eigenvalue weighted by Gasteiger charge is 2.24. The fourth-order valence-electron chi connectivity index (χ4n) is 2.25. The molecule has 0 amide bonds. The Balaban J connectivity index is 1.79.